The Morgan fingerprint density at radius 2 is 1.85 bits per heavy atom. The molecule has 7 heteroatoms. The van der Waals surface area contributed by atoms with E-state index < -0.39 is 0 Å². The number of hydrogen-bond acceptors (Lipinski definition) is 4. The first-order chi connectivity index (χ1) is 12.9. The molecule has 27 heavy (non-hydrogen) atoms. The number of nitrogens with zero attached hydrogens (tertiary/aromatic N) is 3. The molecule has 0 bridgehead atoms. The van der Waals surface area contributed by atoms with E-state index in [1.54, 1.807) is 23.0 Å². The van der Waals surface area contributed by atoms with Crippen LogP contribution in [0.2, 0.25) is 10.0 Å². The second kappa shape index (κ2) is 9.09. The molecule has 0 atom stereocenters. The van der Waals surface area contributed by atoms with Gasteiger partial charge in [-0.15, -0.1) is 0 Å². The minimum Gasteiger partial charge on any atom is -0.363 e. The number of anilines is 1. The topological polar surface area (TPSA) is 50.2 Å². The van der Waals surface area contributed by atoms with Crippen LogP contribution in [0.1, 0.15) is 32.3 Å². The van der Waals surface area contributed by atoms with E-state index in [1.807, 2.05) is 12.1 Å². The van der Waals surface area contributed by atoms with Crippen molar-refractivity contribution in [1.29, 1.82) is 0 Å². The average Bonchev–Trinajstić information content (AvgIpc) is 2.59. The van der Waals surface area contributed by atoms with Crippen LogP contribution in [0.3, 0.4) is 0 Å². The Bertz CT molecular complexity index is 809. The number of benzene rings is 1. The smallest absolute Gasteiger partial charge is 0.293 e. The van der Waals surface area contributed by atoms with Gasteiger partial charge in [-0.3, -0.25) is 9.69 Å². The van der Waals surface area contributed by atoms with Crippen LogP contribution in [-0.4, -0.2) is 33.6 Å². The van der Waals surface area contributed by atoms with Crippen molar-refractivity contribution < 1.29 is 0 Å². The molecule has 2 aromatic rings. The molecule has 5 nitrogen and oxygen atoms in total. The number of nitrogens with one attached hydrogen (secondary N) is 1. The van der Waals surface area contributed by atoms with Crippen LogP contribution in [0, 0.1) is 5.92 Å². The van der Waals surface area contributed by atoms with Gasteiger partial charge in [0.05, 0.1) is 0 Å². The molecule has 0 amide bonds. The van der Waals surface area contributed by atoms with Gasteiger partial charge in [0.1, 0.15) is 0 Å². The molecule has 1 saturated heterocycles. The summed E-state index contributed by atoms with van der Waals surface area (Å²) in [5.74, 6) is 0.874. The van der Waals surface area contributed by atoms with Gasteiger partial charge in [-0.25, -0.2) is 4.98 Å². The summed E-state index contributed by atoms with van der Waals surface area (Å²) in [6.45, 7) is 7.64. The molecule has 0 unspecified atom stereocenters. The van der Waals surface area contributed by atoms with Crippen LogP contribution in [0.4, 0.5) is 5.82 Å². The second-order valence-electron chi connectivity index (χ2n) is 7.60. The van der Waals surface area contributed by atoms with Crippen molar-refractivity contribution in [3.8, 4) is 0 Å². The quantitative estimate of drug-likeness (QED) is 0.774. The third-order valence-electron chi connectivity index (χ3n) is 4.73. The summed E-state index contributed by atoms with van der Waals surface area (Å²) in [7, 11) is 0. The minimum atomic E-state index is -0.0396. The Morgan fingerprint density at radius 3 is 2.48 bits per heavy atom. The maximum Gasteiger partial charge on any atom is 0.293 e. The van der Waals surface area contributed by atoms with Gasteiger partial charge in [0.2, 0.25) is 0 Å². The van der Waals surface area contributed by atoms with Gasteiger partial charge in [0.15, 0.2) is 5.82 Å². The van der Waals surface area contributed by atoms with Crippen molar-refractivity contribution in [2.75, 3.05) is 18.4 Å². The van der Waals surface area contributed by atoms with E-state index in [0.717, 1.165) is 38.0 Å². The summed E-state index contributed by atoms with van der Waals surface area (Å²) < 4.78 is 1.73. The van der Waals surface area contributed by atoms with E-state index in [0.29, 0.717) is 28.3 Å². The van der Waals surface area contributed by atoms with E-state index in [1.165, 1.54) is 0 Å². The summed E-state index contributed by atoms with van der Waals surface area (Å²) in [4.78, 5) is 19.2. The Labute approximate surface area is 170 Å². The molecular formula is C20H26Cl2N4O. The summed E-state index contributed by atoms with van der Waals surface area (Å²) in [6, 6.07) is 5.94. The van der Waals surface area contributed by atoms with Crippen molar-refractivity contribution in [2.24, 2.45) is 5.92 Å². The third-order valence-corrected chi connectivity index (χ3v) is 5.17. The minimum absolute atomic E-state index is 0.0396. The molecule has 1 N–H and O–H groups in total. The predicted octanol–water partition coefficient (Wildman–Crippen LogP) is 4.28. The number of halogens is 2. The third kappa shape index (κ3) is 5.71. The Hall–Kier alpha value is -1.56. The Kier molecular flexibility index (Phi) is 6.79. The van der Waals surface area contributed by atoms with E-state index >= 15 is 0 Å². The number of likely N-dealkylation sites (tertiary alicyclic amines) is 1. The molecule has 0 radical (unpaired) electrons. The molecule has 1 aromatic carbocycles. The lowest BCUT2D eigenvalue weighted by atomic mass is 10.0. The number of aromatic nitrogens is 2. The molecular weight excluding hydrogens is 383 g/mol. The number of rotatable bonds is 6. The zero-order chi connectivity index (χ0) is 19.4. The van der Waals surface area contributed by atoms with Gasteiger partial charge in [0, 0.05) is 54.7 Å². The van der Waals surface area contributed by atoms with Gasteiger partial charge in [-0.1, -0.05) is 37.0 Å². The van der Waals surface area contributed by atoms with Gasteiger partial charge >= 0.3 is 0 Å². The predicted molar refractivity (Wildman–Crippen MR) is 112 cm³/mol. The summed E-state index contributed by atoms with van der Waals surface area (Å²) in [5, 5.41) is 4.69. The first-order valence-corrected chi connectivity index (χ1v) is 10.2. The standard InChI is InChI=1S/C20H26Cl2N4O/c1-14(2)12-26-8-5-23-19(20(26)27)24-18-3-6-25(7-4-18)13-15-9-16(21)11-17(22)10-15/h5,8-11,14,18H,3-4,6-7,12-13H2,1-2H3,(H,23,24). The molecule has 1 fully saturated rings. The molecule has 0 aliphatic carbocycles. The zero-order valence-electron chi connectivity index (χ0n) is 15.8. The van der Waals surface area contributed by atoms with E-state index in [-0.39, 0.29) is 11.6 Å². The molecule has 3 rings (SSSR count). The number of piperidine rings is 1. The highest BCUT2D eigenvalue weighted by Gasteiger charge is 2.21. The number of hydrogen-bond donors (Lipinski definition) is 1. The van der Waals surface area contributed by atoms with Crippen LogP contribution in [0.15, 0.2) is 35.4 Å². The van der Waals surface area contributed by atoms with Crippen molar-refractivity contribution >= 4 is 29.0 Å². The van der Waals surface area contributed by atoms with Crippen LogP contribution < -0.4 is 10.9 Å². The highest BCUT2D eigenvalue weighted by molar-refractivity contribution is 6.34. The maximum atomic E-state index is 12.5. The lowest BCUT2D eigenvalue weighted by Gasteiger charge is -2.32. The van der Waals surface area contributed by atoms with Crippen molar-refractivity contribution in [3.05, 3.63) is 56.6 Å². The van der Waals surface area contributed by atoms with Gasteiger partial charge < -0.3 is 9.88 Å². The fourth-order valence-corrected chi connectivity index (χ4v) is 4.04. The van der Waals surface area contributed by atoms with Gasteiger partial charge in [0.25, 0.3) is 5.56 Å². The average molecular weight is 409 g/mol. The second-order valence-corrected chi connectivity index (χ2v) is 8.47. The van der Waals surface area contributed by atoms with Crippen LogP contribution >= 0.6 is 23.2 Å². The monoisotopic (exact) mass is 408 g/mol. The highest BCUT2D eigenvalue weighted by atomic mass is 35.5. The van der Waals surface area contributed by atoms with Crippen molar-refractivity contribution in [1.82, 2.24) is 14.5 Å². The highest BCUT2D eigenvalue weighted by Crippen LogP contribution is 2.22. The van der Waals surface area contributed by atoms with E-state index in [9.17, 15) is 4.79 Å². The Morgan fingerprint density at radius 1 is 1.19 bits per heavy atom. The summed E-state index contributed by atoms with van der Waals surface area (Å²) >= 11 is 12.2. The van der Waals surface area contributed by atoms with Crippen molar-refractivity contribution in [3.63, 3.8) is 0 Å². The molecule has 1 aliphatic heterocycles. The molecule has 2 heterocycles. The molecule has 1 aliphatic rings. The van der Waals surface area contributed by atoms with Crippen molar-refractivity contribution in [2.45, 2.75) is 45.8 Å². The SMILES string of the molecule is CC(C)Cn1ccnc(NC2CCN(Cc3cc(Cl)cc(Cl)c3)CC2)c1=O. The largest absolute Gasteiger partial charge is 0.363 e. The molecule has 1 aromatic heterocycles. The van der Waals surface area contributed by atoms with Gasteiger partial charge in [-0.2, -0.15) is 0 Å². The van der Waals surface area contributed by atoms with E-state index in [2.05, 4.69) is 29.0 Å². The van der Waals surface area contributed by atoms with Crippen LogP contribution in [-0.2, 0) is 13.1 Å². The molecule has 0 saturated carbocycles. The fraction of sp³-hybridized carbons (Fsp3) is 0.500. The lowest BCUT2D eigenvalue weighted by Crippen LogP contribution is -2.40. The van der Waals surface area contributed by atoms with Crippen LogP contribution in [0.25, 0.3) is 0 Å². The first-order valence-electron chi connectivity index (χ1n) is 9.40. The maximum absolute atomic E-state index is 12.5. The van der Waals surface area contributed by atoms with Gasteiger partial charge in [-0.05, 0) is 42.5 Å². The van der Waals surface area contributed by atoms with Crippen LogP contribution in [0.5, 0.6) is 0 Å². The Balaban J connectivity index is 1.56. The fourth-order valence-electron chi connectivity index (χ4n) is 3.47. The summed E-state index contributed by atoms with van der Waals surface area (Å²) in [5.41, 5.74) is 1.09. The molecule has 146 valence electrons. The first kappa shape index (κ1) is 20.2. The normalized spacial score (nSPS) is 16.0. The zero-order valence-corrected chi connectivity index (χ0v) is 17.3. The summed E-state index contributed by atoms with van der Waals surface area (Å²) in [6.07, 6.45) is 5.39. The molecule has 0 spiro atoms. The van der Waals surface area contributed by atoms with E-state index in [4.69, 9.17) is 23.2 Å². The lowest BCUT2D eigenvalue weighted by molar-refractivity contribution is 0.211.